The molecule has 9 heteroatoms. The number of aromatic nitrogens is 2. The van der Waals surface area contributed by atoms with Crippen LogP contribution in [0.4, 0.5) is 11.6 Å². The zero-order valence-corrected chi connectivity index (χ0v) is 27.3. The monoisotopic (exact) mass is 642 g/mol. The lowest BCUT2D eigenvalue weighted by molar-refractivity contribution is -0.00653. The van der Waals surface area contributed by atoms with Gasteiger partial charge in [-0.3, -0.25) is 5.32 Å². The molecular weight excluding hydrogens is 605 g/mol. The van der Waals surface area contributed by atoms with E-state index in [0.29, 0.717) is 30.1 Å². The van der Waals surface area contributed by atoms with E-state index in [1.165, 1.54) is 0 Å². The number of ether oxygens (including phenoxy) is 1. The Labute approximate surface area is 281 Å². The number of aliphatic imine (C=N–C) groups is 1. The fourth-order valence-electron chi connectivity index (χ4n) is 6.07. The minimum atomic E-state index is -1.12. The number of para-hydroxylation sites is 1. The van der Waals surface area contributed by atoms with Crippen molar-refractivity contribution >= 4 is 34.9 Å². The van der Waals surface area contributed by atoms with E-state index in [2.05, 4.69) is 25.5 Å². The molecule has 0 aliphatic carbocycles. The van der Waals surface area contributed by atoms with Crippen molar-refractivity contribution in [2.45, 2.75) is 32.3 Å². The zero-order valence-electron chi connectivity index (χ0n) is 26.5. The second kappa shape index (κ2) is 14.5. The van der Waals surface area contributed by atoms with Crippen molar-refractivity contribution in [3.63, 3.8) is 0 Å². The number of anilines is 2. The van der Waals surface area contributed by atoms with Crippen molar-refractivity contribution in [3.05, 3.63) is 144 Å². The van der Waals surface area contributed by atoms with Crippen molar-refractivity contribution in [3.8, 4) is 11.5 Å². The summed E-state index contributed by atoms with van der Waals surface area (Å²) in [5.74, 6) is 2.49. The summed E-state index contributed by atoms with van der Waals surface area (Å²) in [6.45, 7) is 5.18. The van der Waals surface area contributed by atoms with Gasteiger partial charge in [-0.25, -0.2) is 9.97 Å². The van der Waals surface area contributed by atoms with Crippen LogP contribution in [0.3, 0.4) is 0 Å². The summed E-state index contributed by atoms with van der Waals surface area (Å²) in [6, 6.07) is 39.1. The van der Waals surface area contributed by atoms with E-state index >= 15 is 0 Å². The van der Waals surface area contributed by atoms with Crippen molar-refractivity contribution in [2.75, 3.05) is 23.7 Å². The smallest absolute Gasteiger partial charge is 0.229 e. The van der Waals surface area contributed by atoms with Crippen molar-refractivity contribution in [2.24, 2.45) is 10.9 Å². The summed E-state index contributed by atoms with van der Waals surface area (Å²) in [7, 11) is 0. The van der Waals surface area contributed by atoms with Gasteiger partial charge in [0.05, 0.1) is 0 Å². The zero-order chi connectivity index (χ0) is 32.6. The molecule has 0 bridgehead atoms. The maximum atomic E-state index is 12.4. The summed E-state index contributed by atoms with van der Waals surface area (Å²) in [5.41, 5.74) is 3.16. The number of rotatable bonds is 7. The molecule has 1 aliphatic rings. The molecule has 0 spiro atoms. The Morgan fingerprint density at radius 1 is 0.766 bits per heavy atom. The average molecular weight is 643 g/mol. The highest BCUT2D eigenvalue weighted by atomic mass is 32.1. The van der Waals surface area contributed by atoms with Crippen molar-refractivity contribution < 1.29 is 9.84 Å². The van der Waals surface area contributed by atoms with Gasteiger partial charge in [0.1, 0.15) is 17.1 Å². The van der Waals surface area contributed by atoms with Crippen molar-refractivity contribution in [1.82, 2.24) is 14.9 Å². The first-order chi connectivity index (χ1) is 22.9. The molecule has 6 rings (SSSR count). The number of guanidine groups is 1. The maximum absolute atomic E-state index is 12.4. The Balaban J connectivity index is 1.21. The molecule has 1 fully saturated rings. The van der Waals surface area contributed by atoms with E-state index in [1.807, 2.05) is 135 Å². The molecule has 1 aromatic heterocycles. The predicted octanol–water partition coefficient (Wildman–Crippen LogP) is 7.70. The standard InChI is InChI=1S/C38H38N6O2S/c1-27-26-28(2)40-35(39-27)42-36(43-37(47)41-32-18-20-34(21-19-32)46-33-16-10-5-11-17-33)44-24-22-31(23-25-44)38(45,29-12-6-3-7-13-29)30-14-8-4-9-15-30/h3-21,26,31,45H,22-25H2,1-2H3,(H2,39,40,41,42,43,47). The molecule has 8 nitrogen and oxygen atoms in total. The lowest BCUT2D eigenvalue weighted by Gasteiger charge is -2.43. The van der Waals surface area contributed by atoms with Crippen LogP contribution in [-0.4, -0.2) is 44.1 Å². The number of nitrogens with zero attached hydrogens (tertiary/aromatic N) is 4. The van der Waals surface area contributed by atoms with Gasteiger partial charge < -0.3 is 20.1 Å². The summed E-state index contributed by atoms with van der Waals surface area (Å²) in [4.78, 5) is 16.2. The van der Waals surface area contributed by atoms with Crippen molar-refractivity contribution in [1.29, 1.82) is 0 Å². The first-order valence-electron chi connectivity index (χ1n) is 15.8. The van der Waals surface area contributed by atoms with Crippen LogP contribution in [0.1, 0.15) is 35.4 Å². The van der Waals surface area contributed by atoms with Crippen LogP contribution in [0, 0.1) is 19.8 Å². The van der Waals surface area contributed by atoms with E-state index in [9.17, 15) is 5.11 Å². The predicted molar refractivity (Wildman–Crippen MR) is 192 cm³/mol. The lowest BCUT2D eigenvalue weighted by Crippen LogP contribution is -2.48. The first kappa shape index (κ1) is 31.8. The summed E-state index contributed by atoms with van der Waals surface area (Å²) >= 11 is 5.72. The maximum Gasteiger partial charge on any atom is 0.229 e. The first-order valence-corrected chi connectivity index (χ1v) is 16.2. The highest BCUT2D eigenvalue weighted by Gasteiger charge is 2.42. The third kappa shape index (κ3) is 7.82. The number of aliphatic hydroxyl groups is 1. The minimum Gasteiger partial charge on any atom is -0.457 e. The Bertz CT molecular complexity index is 1750. The van der Waals surface area contributed by atoms with Gasteiger partial charge >= 0.3 is 0 Å². The third-order valence-electron chi connectivity index (χ3n) is 8.31. The molecule has 238 valence electrons. The highest BCUT2D eigenvalue weighted by molar-refractivity contribution is 7.80. The van der Waals surface area contributed by atoms with Gasteiger partial charge in [-0.2, -0.15) is 4.99 Å². The minimum absolute atomic E-state index is 0.0102. The van der Waals surface area contributed by atoms with Crippen LogP contribution in [0.2, 0.25) is 0 Å². The van der Waals surface area contributed by atoms with E-state index in [-0.39, 0.29) is 5.92 Å². The fourth-order valence-corrected chi connectivity index (χ4v) is 6.27. The number of benzene rings is 4. The molecule has 47 heavy (non-hydrogen) atoms. The SMILES string of the molecule is Cc1cc(C)nc(N/C(=N/C(=S)Nc2ccc(Oc3ccccc3)cc2)N2CCC(C(O)(c3ccccc3)c3ccccc3)CC2)n1. The number of likely N-dealkylation sites (tertiary alicyclic amines) is 1. The Hall–Kier alpha value is -5.12. The largest absolute Gasteiger partial charge is 0.457 e. The Kier molecular flexibility index (Phi) is 9.85. The number of thiocarbonyl (C=S) groups is 1. The molecule has 4 aromatic carbocycles. The van der Waals surface area contributed by atoms with Crippen LogP contribution in [0.5, 0.6) is 11.5 Å². The van der Waals surface area contributed by atoms with Gasteiger partial charge in [0.25, 0.3) is 0 Å². The molecule has 1 saturated heterocycles. The molecule has 2 heterocycles. The van der Waals surface area contributed by atoms with Crippen LogP contribution in [-0.2, 0) is 5.60 Å². The molecule has 0 atom stereocenters. The quantitative estimate of drug-likeness (QED) is 0.0945. The van der Waals surface area contributed by atoms with Gasteiger partial charge in [-0.05, 0) is 98.4 Å². The van der Waals surface area contributed by atoms with Gasteiger partial charge in [0, 0.05) is 30.2 Å². The molecule has 5 aromatic rings. The molecule has 0 amide bonds. The number of hydrogen-bond acceptors (Lipinski definition) is 5. The second-order valence-corrected chi connectivity index (χ2v) is 12.1. The van der Waals surface area contributed by atoms with E-state index < -0.39 is 5.60 Å². The third-order valence-corrected chi connectivity index (χ3v) is 8.50. The van der Waals surface area contributed by atoms with Crippen LogP contribution in [0.25, 0.3) is 0 Å². The number of nitrogens with one attached hydrogen (secondary N) is 2. The van der Waals surface area contributed by atoms with Gasteiger partial charge in [0.2, 0.25) is 17.0 Å². The Morgan fingerprint density at radius 2 is 1.28 bits per heavy atom. The van der Waals surface area contributed by atoms with Crippen LogP contribution in [0.15, 0.2) is 126 Å². The van der Waals surface area contributed by atoms with E-state index in [4.69, 9.17) is 21.9 Å². The summed E-state index contributed by atoms with van der Waals surface area (Å²) in [6.07, 6.45) is 1.47. The second-order valence-electron chi connectivity index (χ2n) is 11.7. The van der Waals surface area contributed by atoms with Crippen LogP contribution < -0.4 is 15.4 Å². The molecule has 0 radical (unpaired) electrons. The van der Waals surface area contributed by atoms with E-state index in [1.54, 1.807) is 0 Å². The molecule has 0 saturated carbocycles. The number of aryl methyl sites for hydroxylation is 2. The highest BCUT2D eigenvalue weighted by Crippen LogP contribution is 2.42. The van der Waals surface area contributed by atoms with E-state index in [0.717, 1.165) is 52.5 Å². The molecule has 1 aliphatic heterocycles. The average Bonchev–Trinajstić information content (AvgIpc) is 3.09. The Morgan fingerprint density at radius 3 is 1.83 bits per heavy atom. The van der Waals surface area contributed by atoms with Gasteiger partial charge in [-0.1, -0.05) is 78.9 Å². The van der Waals surface area contributed by atoms with Crippen LogP contribution >= 0.6 is 12.2 Å². The molecule has 3 N–H and O–H groups in total. The van der Waals surface area contributed by atoms with Gasteiger partial charge in [0.15, 0.2) is 0 Å². The normalized spacial score (nSPS) is 14.0. The number of hydrogen-bond donors (Lipinski definition) is 3. The summed E-state index contributed by atoms with van der Waals surface area (Å²) in [5, 5.41) is 19.3. The van der Waals surface area contributed by atoms with Gasteiger partial charge in [-0.15, -0.1) is 0 Å². The summed E-state index contributed by atoms with van der Waals surface area (Å²) < 4.78 is 5.92. The topological polar surface area (TPSA) is 94.9 Å². The number of piperidine rings is 1. The lowest BCUT2D eigenvalue weighted by atomic mass is 9.72. The molecule has 0 unspecified atom stereocenters. The molecular formula is C38H38N6O2S. The fraction of sp³-hybridized carbons (Fsp3) is 0.211.